The molecule has 1 aliphatic heterocycles. The first-order chi connectivity index (χ1) is 9.47. The van der Waals surface area contributed by atoms with Crippen LogP contribution in [0.3, 0.4) is 0 Å². The Morgan fingerprint density at radius 3 is 2.55 bits per heavy atom. The molecule has 1 aromatic heterocycles. The molecule has 0 spiro atoms. The van der Waals surface area contributed by atoms with Crippen LogP contribution >= 0.6 is 15.9 Å². The third kappa shape index (κ3) is 3.47. The molecule has 2 heterocycles. The normalized spacial score (nSPS) is 16.1. The van der Waals surface area contributed by atoms with Gasteiger partial charge in [0.25, 0.3) is 5.56 Å². The zero-order valence-corrected chi connectivity index (χ0v) is 12.5. The second kappa shape index (κ2) is 6.21. The van der Waals surface area contributed by atoms with Crippen molar-refractivity contribution in [2.75, 3.05) is 13.1 Å². The molecule has 2 N–H and O–H groups in total. The Kier molecular flexibility index (Phi) is 4.59. The zero-order chi connectivity index (χ0) is 14.7. The standard InChI is InChI=1S/C13H16BrN3O3/c14-10-1-2-11(18)17(7-10)8-12(19)16-5-3-9(4-6-16)13(15)20/h1-2,7,9H,3-6,8H2,(H2,15,20). The van der Waals surface area contributed by atoms with Crippen LogP contribution < -0.4 is 11.3 Å². The SMILES string of the molecule is NC(=O)C1CCN(C(=O)Cn2cc(Br)ccc2=O)CC1. The highest BCUT2D eigenvalue weighted by molar-refractivity contribution is 9.10. The van der Waals surface area contributed by atoms with Crippen molar-refractivity contribution in [3.8, 4) is 0 Å². The summed E-state index contributed by atoms with van der Waals surface area (Å²) in [7, 11) is 0. The molecule has 0 bridgehead atoms. The summed E-state index contributed by atoms with van der Waals surface area (Å²) in [4.78, 5) is 36.5. The number of carbonyl (C=O) groups is 2. The molecule has 0 saturated carbocycles. The summed E-state index contributed by atoms with van der Waals surface area (Å²) < 4.78 is 2.12. The Morgan fingerprint density at radius 1 is 1.30 bits per heavy atom. The topological polar surface area (TPSA) is 85.4 Å². The maximum absolute atomic E-state index is 12.1. The van der Waals surface area contributed by atoms with Crippen molar-refractivity contribution in [2.45, 2.75) is 19.4 Å². The molecule has 2 amide bonds. The first kappa shape index (κ1) is 14.8. The number of nitrogens with zero attached hydrogens (tertiary/aromatic N) is 2. The minimum absolute atomic E-state index is 0.0134. The average Bonchev–Trinajstić information content (AvgIpc) is 2.43. The number of pyridine rings is 1. The summed E-state index contributed by atoms with van der Waals surface area (Å²) in [5.41, 5.74) is 5.04. The quantitative estimate of drug-likeness (QED) is 0.859. The fourth-order valence-electron chi connectivity index (χ4n) is 2.28. The van der Waals surface area contributed by atoms with E-state index in [1.165, 1.54) is 10.6 Å². The highest BCUT2D eigenvalue weighted by atomic mass is 79.9. The lowest BCUT2D eigenvalue weighted by molar-refractivity contribution is -0.135. The third-order valence-corrected chi connectivity index (χ3v) is 3.97. The van der Waals surface area contributed by atoms with Crippen molar-refractivity contribution < 1.29 is 9.59 Å². The molecule has 2 rings (SSSR count). The first-order valence-electron chi connectivity index (χ1n) is 6.40. The van der Waals surface area contributed by atoms with E-state index < -0.39 is 0 Å². The van der Waals surface area contributed by atoms with Crippen molar-refractivity contribution in [3.05, 3.63) is 33.2 Å². The lowest BCUT2D eigenvalue weighted by Crippen LogP contribution is -2.43. The maximum Gasteiger partial charge on any atom is 0.251 e. The largest absolute Gasteiger partial charge is 0.369 e. The fourth-order valence-corrected chi connectivity index (χ4v) is 2.66. The second-order valence-electron chi connectivity index (χ2n) is 4.87. The number of piperidine rings is 1. The molecule has 1 aromatic rings. The van der Waals surface area contributed by atoms with Crippen LogP contribution in [-0.4, -0.2) is 34.4 Å². The summed E-state index contributed by atoms with van der Waals surface area (Å²) in [6, 6.07) is 3.05. The van der Waals surface area contributed by atoms with E-state index in [-0.39, 0.29) is 29.8 Å². The van der Waals surface area contributed by atoms with Gasteiger partial charge in [-0.05, 0) is 34.8 Å². The van der Waals surface area contributed by atoms with Crippen molar-refractivity contribution in [3.63, 3.8) is 0 Å². The highest BCUT2D eigenvalue weighted by Gasteiger charge is 2.25. The number of rotatable bonds is 3. The molecule has 1 aliphatic rings. The van der Waals surface area contributed by atoms with Crippen LogP contribution in [0, 0.1) is 5.92 Å². The van der Waals surface area contributed by atoms with Crippen LogP contribution in [0.15, 0.2) is 27.6 Å². The van der Waals surface area contributed by atoms with E-state index in [1.807, 2.05) is 0 Å². The highest BCUT2D eigenvalue weighted by Crippen LogP contribution is 2.17. The molecule has 0 unspecified atom stereocenters. The van der Waals surface area contributed by atoms with Crippen LogP contribution in [0.25, 0.3) is 0 Å². The molecule has 0 aliphatic carbocycles. The summed E-state index contributed by atoms with van der Waals surface area (Å²) in [5.74, 6) is -0.568. The lowest BCUT2D eigenvalue weighted by Gasteiger charge is -2.30. The molecule has 0 aromatic carbocycles. The number of amides is 2. The smallest absolute Gasteiger partial charge is 0.251 e. The molecule has 20 heavy (non-hydrogen) atoms. The predicted octanol–water partition coefficient (Wildman–Crippen LogP) is 0.335. The van der Waals surface area contributed by atoms with Crippen LogP contribution in [0.2, 0.25) is 0 Å². The van der Waals surface area contributed by atoms with Crippen molar-refractivity contribution in [1.82, 2.24) is 9.47 Å². The number of aromatic nitrogens is 1. The number of hydrogen-bond donors (Lipinski definition) is 1. The molecular weight excluding hydrogens is 326 g/mol. The molecule has 1 fully saturated rings. The predicted molar refractivity (Wildman–Crippen MR) is 76.9 cm³/mol. The van der Waals surface area contributed by atoms with Gasteiger partial charge in [-0.25, -0.2) is 0 Å². The number of carbonyl (C=O) groups excluding carboxylic acids is 2. The Balaban J connectivity index is 1.98. The van der Waals surface area contributed by atoms with Gasteiger partial charge in [0.1, 0.15) is 6.54 Å². The van der Waals surface area contributed by atoms with Gasteiger partial charge in [-0.1, -0.05) is 0 Å². The van der Waals surface area contributed by atoms with E-state index in [0.29, 0.717) is 25.9 Å². The molecular formula is C13H16BrN3O3. The second-order valence-corrected chi connectivity index (χ2v) is 5.79. The van der Waals surface area contributed by atoms with Gasteiger partial charge in [0, 0.05) is 35.7 Å². The molecule has 1 saturated heterocycles. The number of hydrogen-bond acceptors (Lipinski definition) is 3. The van der Waals surface area contributed by atoms with Gasteiger partial charge in [-0.2, -0.15) is 0 Å². The summed E-state index contributed by atoms with van der Waals surface area (Å²) in [5, 5.41) is 0. The third-order valence-electron chi connectivity index (χ3n) is 3.50. The van der Waals surface area contributed by atoms with Crippen molar-refractivity contribution >= 4 is 27.7 Å². The summed E-state index contributed by atoms with van der Waals surface area (Å²) in [6.07, 6.45) is 2.78. The Morgan fingerprint density at radius 2 is 1.95 bits per heavy atom. The minimum atomic E-state index is -0.305. The fraction of sp³-hybridized carbons (Fsp3) is 0.462. The van der Waals surface area contributed by atoms with Crippen LogP contribution in [-0.2, 0) is 16.1 Å². The van der Waals surface area contributed by atoms with Gasteiger partial charge in [-0.3, -0.25) is 14.4 Å². The van der Waals surface area contributed by atoms with Crippen LogP contribution in [0.4, 0.5) is 0 Å². The summed E-state index contributed by atoms with van der Waals surface area (Å²) >= 11 is 3.27. The van der Waals surface area contributed by atoms with Crippen LogP contribution in [0.1, 0.15) is 12.8 Å². The lowest BCUT2D eigenvalue weighted by atomic mass is 9.96. The van der Waals surface area contributed by atoms with Crippen molar-refractivity contribution in [2.24, 2.45) is 11.7 Å². The molecule has 7 heteroatoms. The van der Waals surface area contributed by atoms with E-state index >= 15 is 0 Å². The zero-order valence-electron chi connectivity index (χ0n) is 10.9. The van der Waals surface area contributed by atoms with Crippen molar-refractivity contribution in [1.29, 1.82) is 0 Å². The van der Waals surface area contributed by atoms with Gasteiger partial charge in [0.05, 0.1) is 0 Å². The van der Waals surface area contributed by atoms with Crippen LogP contribution in [0.5, 0.6) is 0 Å². The van der Waals surface area contributed by atoms with Gasteiger partial charge < -0.3 is 15.2 Å². The number of likely N-dealkylation sites (tertiary alicyclic amines) is 1. The molecule has 108 valence electrons. The first-order valence-corrected chi connectivity index (χ1v) is 7.20. The van der Waals surface area contributed by atoms with Gasteiger partial charge in [0.15, 0.2) is 0 Å². The van der Waals surface area contributed by atoms with E-state index in [2.05, 4.69) is 15.9 Å². The Hall–Kier alpha value is -1.63. The van der Waals surface area contributed by atoms with E-state index in [4.69, 9.17) is 5.73 Å². The van der Waals surface area contributed by atoms with E-state index in [9.17, 15) is 14.4 Å². The van der Waals surface area contributed by atoms with Gasteiger partial charge in [0.2, 0.25) is 11.8 Å². The molecule has 6 nitrogen and oxygen atoms in total. The Labute approximate surface area is 124 Å². The number of nitrogens with two attached hydrogens (primary N) is 1. The monoisotopic (exact) mass is 341 g/mol. The molecule has 0 atom stereocenters. The average molecular weight is 342 g/mol. The maximum atomic E-state index is 12.1. The number of primary amides is 1. The van der Waals surface area contributed by atoms with E-state index in [1.54, 1.807) is 17.2 Å². The minimum Gasteiger partial charge on any atom is -0.369 e. The summed E-state index contributed by atoms with van der Waals surface area (Å²) in [6.45, 7) is 1.03. The molecule has 0 radical (unpaired) electrons. The Bertz CT molecular complexity index is 576. The number of halogens is 1. The van der Waals surface area contributed by atoms with E-state index in [0.717, 1.165) is 4.47 Å². The van der Waals surface area contributed by atoms with Gasteiger partial charge in [-0.15, -0.1) is 0 Å². The van der Waals surface area contributed by atoms with Gasteiger partial charge >= 0.3 is 0 Å².